The van der Waals surface area contributed by atoms with Crippen LogP contribution in [0.25, 0.3) is 11.3 Å². The lowest BCUT2D eigenvalue weighted by molar-refractivity contribution is -0.192. The van der Waals surface area contributed by atoms with Crippen LogP contribution in [0.2, 0.25) is 10.0 Å². The molecule has 3 amide bonds. The van der Waals surface area contributed by atoms with E-state index < -0.39 is 43.9 Å². The van der Waals surface area contributed by atoms with Crippen LogP contribution in [0, 0.1) is 13.8 Å². The number of aliphatic hydroxyl groups excluding tert-OH is 2. The molecule has 0 spiro atoms. The third kappa shape index (κ3) is 17.9. The topological polar surface area (TPSA) is 342 Å². The number of halogens is 5. The number of amides is 3. The van der Waals surface area contributed by atoms with Crippen LogP contribution in [0.4, 0.5) is 41.0 Å². The Morgan fingerprint density at radius 1 is 0.692 bits per heavy atom. The van der Waals surface area contributed by atoms with E-state index in [1.54, 1.807) is 45.7 Å². The number of alkyl carbamates (subject to hydrolysis) is 1. The van der Waals surface area contributed by atoms with Crippen molar-refractivity contribution in [3.8, 4) is 0 Å². The highest BCUT2D eigenvalue weighted by molar-refractivity contribution is 7.92. The highest BCUT2D eigenvalue weighted by Gasteiger charge is 2.40. The number of aliphatic hydroxyl groups is 2. The minimum atomic E-state index is -5.08. The van der Waals surface area contributed by atoms with Crippen LogP contribution in [0.5, 0.6) is 0 Å². The molecular weight excluding hydrogens is 1280 g/mol. The number of aryl methyl sites for hydroxylation is 2. The summed E-state index contributed by atoms with van der Waals surface area (Å²) in [6.07, 6.45) is 6.30. The van der Waals surface area contributed by atoms with Gasteiger partial charge in [0.25, 0.3) is 11.8 Å². The lowest BCUT2D eigenvalue weighted by Gasteiger charge is -2.35. The number of hydrogen-bond donors (Lipinski definition) is 7. The quantitative estimate of drug-likeness (QED) is 0.0588. The van der Waals surface area contributed by atoms with Crippen LogP contribution in [-0.2, 0) is 29.6 Å². The number of aliphatic carboxylic acids is 1. The molecule has 2 aromatic carbocycles. The second kappa shape index (κ2) is 28.7. The molecule has 26 nitrogen and oxygen atoms in total. The molecule has 498 valence electrons. The molecule has 0 bridgehead atoms. The molecule has 4 aliphatic heterocycles. The molecule has 0 unspecified atom stereocenters. The lowest BCUT2D eigenvalue weighted by Crippen LogP contribution is -2.40. The predicted octanol–water partition coefficient (Wildman–Crippen LogP) is 7.49. The number of carboxylic acids is 1. The van der Waals surface area contributed by atoms with Crippen LogP contribution < -0.4 is 30.3 Å². The Bertz CT molecular complexity index is 3890. The van der Waals surface area contributed by atoms with E-state index >= 15 is 0 Å². The Morgan fingerprint density at radius 3 is 1.51 bits per heavy atom. The molecule has 4 aliphatic rings. The van der Waals surface area contributed by atoms with Crippen molar-refractivity contribution in [3.05, 3.63) is 105 Å². The van der Waals surface area contributed by atoms with Gasteiger partial charge in [-0.05, 0) is 122 Å². The number of anilines is 4. The minimum absolute atomic E-state index is 0. The number of aromatic nitrogens is 6. The molecule has 0 aliphatic carbocycles. The molecule has 6 aromatic rings. The molecule has 4 fully saturated rings. The van der Waals surface area contributed by atoms with E-state index in [2.05, 4.69) is 19.7 Å². The van der Waals surface area contributed by atoms with Gasteiger partial charge in [-0.15, -0.1) is 0 Å². The summed E-state index contributed by atoms with van der Waals surface area (Å²) in [6.45, 7) is 11.2. The average molecular weight is 1350 g/mol. The monoisotopic (exact) mass is 1350 g/mol. The van der Waals surface area contributed by atoms with E-state index in [1.807, 2.05) is 43.3 Å². The van der Waals surface area contributed by atoms with Gasteiger partial charge >= 0.3 is 18.2 Å². The molecule has 0 saturated carbocycles. The van der Waals surface area contributed by atoms with Gasteiger partial charge in [-0.2, -0.15) is 23.4 Å². The second-order valence-electron chi connectivity index (χ2n) is 23.7. The van der Waals surface area contributed by atoms with Crippen LogP contribution in [-0.4, -0.2) is 183 Å². The summed E-state index contributed by atoms with van der Waals surface area (Å²) in [6, 6.07) is 11.5. The van der Waals surface area contributed by atoms with Gasteiger partial charge in [-0.1, -0.05) is 30.6 Å². The van der Waals surface area contributed by atoms with Gasteiger partial charge in [0, 0.05) is 77.9 Å². The number of benzene rings is 2. The number of carbonyl (C=O) groups excluding carboxylic acids is 3. The normalized spacial score (nSPS) is 20.5. The number of fused-ring (bicyclic) bond motifs is 2. The molecule has 4 saturated heterocycles. The fraction of sp³-hybridized carbons (Fsp3) is 0.517. The average Bonchev–Trinajstić information content (AvgIpc) is 1.75. The second-order valence-corrected chi connectivity index (χ2v) is 28.1. The van der Waals surface area contributed by atoms with E-state index in [9.17, 15) is 54.6 Å². The number of ether oxygens (including phenoxy) is 1. The molecule has 10 rings (SSSR count). The van der Waals surface area contributed by atoms with E-state index in [0.717, 1.165) is 55.1 Å². The van der Waals surface area contributed by atoms with Crippen molar-refractivity contribution in [2.75, 3.05) is 71.1 Å². The number of rotatable bonds is 13. The van der Waals surface area contributed by atoms with Crippen LogP contribution in [0.3, 0.4) is 0 Å². The number of alkyl halides is 3. The predicted molar refractivity (Wildman–Crippen MR) is 338 cm³/mol. The molecule has 4 aromatic heterocycles. The number of hydrogen-bond acceptors (Lipinski definition) is 18. The first-order valence-electron chi connectivity index (χ1n) is 28.8. The molecule has 33 heteroatoms. The van der Waals surface area contributed by atoms with E-state index in [4.69, 9.17) is 63.7 Å². The molecule has 6 atom stereocenters. The number of carbonyl (C=O) groups is 4. The van der Waals surface area contributed by atoms with Crippen molar-refractivity contribution < 1.29 is 69.2 Å². The van der Waals surface area contributed by atoms with Crippen molar-refractivity contribution in [2.24, 2.45) is 5.73 Å². The first-order chi connectivity index (χ1) is 42.1. The van der Waals surface area contributed by atoms with Crippen molar-refractivity contribution in [3.63, 3.8) is 0 Å². The Kier molecular flexibility index (Phi) is 22.4. The maximum atomic E-state index is 13.9. The Labute approximate surface area is 535 Å². The zero-order valence-corrected chi connectivity index (χ0v) is 53.6. The highest BCUT2D eigenvalue weighted by Crippen LogP contribution is 2.38. The van der Waals surface area contributed by atoms with Crippen LogP contribution in [0.1, 0.15) is 135 Å². The molecular formula is C58H77Cl2F3N14O12S2. The summed E-state index contributed by atoms with van der Waals surface area (Å²) >= 11 is 12.4. The van der Waals surface area contributed by atoms with Crippen molar-refractivity contribution >= 4 is 101 Å². The summed E-state index contributed by atoms with van der Waals surface area (Å²) in [5.74, 6) is -1.98. The third-order valence-corrected chi connectivity index (χ3v) is 16.9. The smallest absolute Gasteiger partial charge is 0.475 e. The molecule has 91 heavy (non-hydrogen) atoms. The molecule has 8 N–H and O–H groups in total. The summed E-state index contributed by atoms with van der Waals surface area (Å²) in [7, 11) is -7.23. The first kappa shape index (κ1) is 71.2. The Morgan fingerprint density at radius 2 is 1.11 bits per heavy atom. The van der Waals surface area contributed by atoms with E-state index in [0.29, 0.717) is 90.4 Å². The van der Waals surface area contributed by atoms with Gasteiger partial charge in [0.05, 0.1) is 89.8 Å². The summed E-state index contributed by atoms with van der Waals surface area (Å²) in [5.41, 5.74) is 10.6. The van der Waals surface area contributed by atoms with Crippen LogP contribution in [0.15, 0.2) is 60.9 Å². The summed E-state index contributed by atoms with van der Waals surface area (Å²) in [5, 5.41) is 40.3. The number of nitrogens with zero attached hydrogens (tertiary/aromatic N) is 10. The highest BCUT2D eigenvalue weighted by atomic mass is 35.5. The third-order valence-electron chi connectivity index (χ3n) is 15.3. The maximum Gasteiger partial charge on any atom is 0.490 e. The number of piperidine rings is 2. The summed E-state index contributed by atoms with van der Waals surface area (Å²) in [4.78, 5) is 66.3. The molecule has 0 radical (unpaired) electrons. The zero-order valence-electron chi connectivity index (χ0n) is 50.4. The number of likely N-dealkylation sites (tertiary alicyclic amines) is 2. The zero-order chi connectivity index (χ0) is 65.9. The van der Waals surface area contributed by atoms with Gasteiger partial charge in [0.15, 0.2) is 11.3 Å². The number of carboxylic acid groups (broad SMARTS) is 1. The number of nitrogens with two attached hydrogens (primary N) is 1. The van der Waals surface area contributed by atoms with E-state index in [1.165, 1.54) is 30.3 Å². The van der Waals surface area contributed by atoms with Gasteiger partial charge < -0.3 is 50.7 Å². The fourth-order valence-corrected chi connectivity index (χ4v) is 13.0. The van der Waals surface area contributed by atoms with E-state index in [-0.39, 0.29) is 91.2 Å². The van der Waals surface area contributed by atoms with Gasteiger partial charge in [0.1, 0.15) is 17.2 Å². The first-order valence-corrected chi connectivity index (χ1v) is 33.3. The Hall–Kier alpha value is -7.29. The Balaban J connectivity index is 0.000000234. The van der Waals surface area contributed by atoms with Crippen molar-refractivity contribution in [2.45, 2.75) is 141 Å². The van der Waals surface area contributed by atoms with Crippen molar-refractivity contribution in [1.29, 1.82) is 0 Å². The fourth-order valence-electron chi connectivity index (χ4n) is 11.5. The molecule has 8 heterocycles. The largest absolute Gasteiger partial charge is 0.490 e. The standard InChI is InChI=1S/C30H40ClN7O6S.C25H32ClN7O4S.C2HF3O2.CH4/c1-18-15-38-26(33-27(18)37-16-20(13-21(37)17-39)32-29(41)44-30(2,3)4)14-24(34-38)25-8-6-7-11-36(25)28(40)22-12-19(31)9-10-23(22)35-45(5,42)43;1-15-12-33-23(28-24(15)32-13-17(27)10-18(32)14-34)11-21(29-33)22-5-3-4-8-31(22)25(35)19-9-16(26)6-7-20(19)30-38(2,36)37;3-2(4,5)1(6)7;/h9-10,12,14-15,20-21,25,35,39H,6-8,11,13,16-17H2,1-5H3,(H,32,41);6-7,9,11-12,17-18,22,30,34H,3-5,8,10,13-14,27H2,1-2H3;(H,6,7);1H4/t20-,21-,25-;17-,18-,22-;;/m00../s1. The number of nitrogens with one attached hydrogen (secondary N) is 3. The number of sulfonamides is 2. The van der Waals surface area contributed by atoms with Crippen LogP contribution >= 0.6 is 23.2 Å². The maximum absolute atomic E-state index is 13.9. The van der Waals surface area contributed by atoms with Gasteiger partial charge in [-0.3, -0.25) is 19.0 Å². The van der Waals surface area contributed by atoms with Crippen molar-refractivity contribution in [1.82, 2.24) is 44.3 Å². The minimum Gasteiger partial charge on any atom is -0.475 e. The SMILES string of the molecule is C.Cc1cn2nc([C@@H]3CCCCN3C(=O)c3cc(Cl)ccc3NS(C)(=O)=O)cc2nc1N1C[C@@H](N)C[C@H]1CO.Cc1cn2nc([C@@H]3CCCCN3C(=O)c3cc(Cl)ccc3NS(C)(=O)=O)cc2nc1N1C[C@@H](NC(=O)OC(C)(C)C)C[C@H]1CO.O=C(O)C(F)(F)F. The lowest BCUT2D eigenvalue weighted by atomic mass is 9.98. The van der Waals surface area contributed by atoms with Gasteiger partial charge in [-0.25, -0.2) is 45.4 Å². The van der Waals surface area contributed by atoms with Gasteiger partial charge in [0.2, 0.25) is 20.0 Å². The summed E-state index contributed by atoms with van der Waals surface area (Å²) < 4.78 is 93.2.